The topological polar surface area (TPSA) is 73.7 Å². The molecule has 0 spiro atoms. The first-order valence-corrected chi connectivity index (χ1v) is 10.4. The highest BCUT2D eigenvalue weighted by atomic mass is 16.2. The summed E-state index contributed by atoms with van der Waals surface area (Å²) in [6.07, 6.45) is 0.945. The fraction of sp³-hybridized carbons (Fsp3) is 0.571. The number of urea groups is 1. The van der Waals surface area contributed by atoms with E-state index >= 15 is 0 Å². The van der Waals surface area contributed by atoms with Crippen LogP contribution in [0.3, 0.4) is 0 Å². The first kappa shape index (κ1) is 21.1. The molecule has 8 nitrogen and oxygen atoms in total. The fourth-order valence-electron chi connectivity index (χ4n) is 3.70. The van der Waals surface area contributed by atoms with Gasteiger partial charge in [-0.1, -0.05) is 6.92 Å². The van der Waals surface area contributed by atoms with E-state index in [9.17, 15) is 9.59 Å². The molecule has 0 radical (unpaired) electrons. The number of benzene rings is 1. The van der Waals surface area contributed by atoms with Crippen LogP contribution in [0.4, 0.5) is 4.79 Å². The summed E-state index contributed by atoms with van der Waals surface area (Å²) in [5.41, 5.74) is 2.56. The van der Waals surface area contributed by atoms with Gasteiger partial charge in [0.1, 0.15) is 5.82 Å². The highest BCUT2D eigenvalue weighted by Gasteiger charge is 2.22. The Morgan fingerprint density at radius 3 is 2.48 bits per heavy atom. The number of rotatable bonds is 6. The Morgan fingerprint density at radius 1 is 1.14 bits per heavy atom. The molecule has 0 aliphatic carbocycles. The first-order valence-electron chi connectivity index (χ1n) is 10.4. The van der Waals surface area contributed by atoms with Gasteiger partial charge in [0, 0.05) is 58.9 Å². The summed E-state index contributed by atoms with van der Waals surface area (Å²) in [6.45, 7) is 9.56. The van der Waals surface area contributed by atoms with Crippen LogP contribution in [0.2, 0.25) is 0 Å². The van der Waals surface area contributed by atoms with Gasteiger partial charge >= 0.3 is 6.03 Å². The number of carbonyl (C=O) groups excluding carboxylic acids is 2. The number of hydrogen-bond acceptors (Lipinski definition) is 4. The third-order valence-electron chi connectivity index (χ3n) is 5.35. The smallest absolute Gasteiger partial charge is 0.317 e. The zero-order valence-corrected chi connectivity index (χ0v) is 17.9. The SMILES string of the molecule is CCCNC(=O)N1CCN(Cc2nc3cc(C(=O)N(C)C)ccc3n2CC)CC1. The molecule has 0 saturated carbocycles. The van der Waals surface area contributed by atoms with Crippen molar-refractivity contribution in [2.24, 2.45) is 0 Å². The number of carbonyl (C=O) groups is 2. The average Bonchev–Trinajstić information content (AvgIpc) is 3.07. The number of nitrogens with zero attached hydrogens (tertiary/aromatic N) is 5. The maximum Gasteiger partial charge on any atom is 0.317 e. The van der Waals surface area contributed by atoms with Crippen molar-refractivity contribution in [2.75, 3.05) is 46.8 Å². The molecular formula is C21H32N6O2. The number of amides is 3. The van der Waals surface area contributed by atoms with Crippen LogP contribution in [-0.4, -0.2) is 83.0 Å². The van der Waals surface area contributed by atoms with Crippen molar-refractivity contribution in [2.45, 2.75) is 33.4 Å². The molecule has 0 unspecified atom stereocenters. The van der Waals surface area contributed by atoms with Crippen molar-refractivity contribution in [1.82, 2.24) is 29.6 Å². The van der Waals surface area contributed by atoms with E-state index in [0.29, 0.717) is 5.56 Å². The zero-order valence-electron chi connectivity index (χ0n) is 17.9. The maximum atomic E-state index is 12.3. The lowest BCUT2D eigenvalue weighted by Gasteiger charge is -2.34. The fourth-order valence-corrected chi connectivity index (χ4v) is 3.70. The van der Waals surface area contributed by atoms with Crippen molar-refractivity contribution in [3.8, 4) is 0 Å². The highest BCUT2D eigenvalue weighted by Crippen LogP contribution is 2.20. The van der Waals surface area contributed by atoms with Crippen LogP contribution in [0.25, 0.3) is 11.0 Å². The Morgan fingerprint density at radius 2 is 1.86 bits per heavy atom. The van der Waals surface area contributed by atoms with E-state index in [2.05, 4.69) is 28.6 Å². The molecule has 1 aromatic heterocycles. The summed E-state index contributed by atoms with van der Waals surface area (Å²) >= 11 is 0. The van der Waals surface area contributed by atoms with Crippen LogP contribution in [0, 0.1) is 0 Å². The molecular weight excluding hydrogens is 368 g/mol. The third kappa shape index (κ3) is 4.70. The lowest BCUT2D eigenvalue weighted by Crippen LogP contribution is -2.51. The number of hydrogen-bond donors (Lipinski definition) is 1. The van der Waals surface area contributed by atoms with E-state index in [-0.39, 0.29) is 11.9 Å². The molecule has 3 amide bonds. The van der Waals surface area contributed by atoms with Crippen molar-refractivity contribution >= 4 is 23.0 Å². The second kappa shape index (κ2) is 9.26. The number of imidazole rings is 1. The lowest BCUT2D eigenvalue weighted by atomic mass is 10.2. The van der Waals surface area contributed by atoms with E-state index in [4.69, 9.17) is 4.98 Å². The molecule has 2 heterocycles. The Labute approximate surface area is 172 Å². The quantitative estimate of drug-likeness (QED) is 0.805. The Kier molecular flexibility index (Phi) is 6.74. The minimum Gasteiger partial charge on any atom is -0.345 e. The maximum absolute atomic E-state index is 12.3. The molecule has 1 aromatic carbocycles. The minimum atomic E-state index is -0.0167. The molecule has 1 saturated heterocycles. The van der Waals surface area contributed by atoms with E-state index in [1.807, 2.05) is 23.1 Å². The van der Waals surface area contributed by atoms with Crippen LogP contribution < -0.4 is 5.32 Å². The molecule has 1 N–H and O–H groups in total. The first-order chi connectivity index (χ1) is 13.9. The van der Waals surface area contributed by atoms with Crippen LogP contribution in [-0.2, 0) is 13.1 Å². The predicted octanol–water partition coefficient (Wildman–Crippen LogP) is 2.00. The van der Waals surface area contributed by atoms with Gasteiger partial charge < -0.3 is 19.7 Å². The second-order valence-corrected chi connectivity index (χ2v) is 7.67. The van der Waals surface area contributed by atoms with E-state index in [1.54, 1.807) is 19.0 Å². The monoisotopic (exact) mass is 400 g/mol. The summed E-state index contributed by atoms with van der Waals surface area (Å²) in [5, 5.41) is 2.95. The molecule has 158 valence electrons. The number of aromatic nitrogens is 2. The molecule has 2 aromatic rings. The normalized spacial score (nSPS) is 15.0. The average molecular weight is 401 g/mol. The third-order valence-corrected chi connectivity index (χ3v) is 5.35. The van der Waals surface area contributed by atoms with E-state index in [0.717, 1.165) is 69.1 Å². The molecule has 0 bridgehead atoms. The van der Waals surface area contributed by atoms with Crippen molar-refractivity contribution in [3.63, 3.8) is 0 Å². The van der Waals surface area contributed by atoms with Crippen LogP contribution >= 0.6 is 0 Å². The number of piperazine rings is 1. The Hall–Kier alpha value is -2.61. The zero-order chi connectivity index (χ0) is 21.0. The van der Waals surface area contributed by atoms with Crippen LogP contribution in [0.15, 0.2) is 18.2 Å². The van der Waals surface area contributed by atoms with Gasteiger partial charge in [-0.05, 0) is 31.5 Å². The van der Waals surface area contributed by atoms with Crippen LogP contribution in [0.5, 0.6) is 0 Å². The number of nitrogens with one attached hydrogen (secondary N) is 1. The van der Waals surface area contributed by atoms with Gasteiger partial charge in [-0.25, -0.2) is 9.78 Å². The molecule has 1 aliphatic heterocycles. The predicted molar refractivity (Wildman–Crippen MR) is 114 cm³/mol. The summed E-state index contributed by atoms with van der Waals surface area (Å²) in [6, 6.07) is 5.77. The molecule has 1 aliphatic rings. The lowest BCUT2D eigenvalue weighted by molar-refractivity contribution is 0.0827. The largest absolute Gasteiger partial charge is 0.345 e. The number of aryl methyl sites for hydroxylation is 1. The van der Waals surface area contributed by atoms with Crippen molar-refractivity contribution in [1.29, 1.82) is 0 Å². The molecule has 8 heteroatoms. The van der Waals surface area contributed by atoms with Crippen LogP contribution in [0.1, 0.15) is 36.5 Å². The number of fused-ring (bicyclic) bond motifs is 1. The van der Waals surface area contributed by atoms with Gasteiger partial charge in [0.05, 0.1) is 17.6 Å². The molecule has 29 heavy (non-hydrogen) atoms. The van der Waals surface area contributed by atoms with Crippen molar-refractivity contribution < 1.29 is 9.59 Å². The summed E-state index contributed by atoms with van der Waals surface area (Å²) < 4.78 is 2.21. The molecule has 3 rings (SSSR count). The van der Waals surface area contributed by atoms with Gasteiger partial charge in [0.2, 0.25) is 0 Å². The standard InChI is InChI=1S/C21H32N6O2/c1-5-9-22-21(29)26-12-10-25(11-13-26)15-19-23-17-14-16(20(28)24(3)4)7-8-18(17)27(19)6-2/h7-8,14H,5-6,9-13,15H2,1-4H3,(H,22,29). The minimum absolute atomic E-state index is 0.0167. The van der Waals surface area contributed by atoms with E-state index in [1.165, 1.54) is 0 Å². The Balaban J connectivity index is 1.70. The summed E-state index contributed by atoms with van der Waals surface area (Å²) in [4.78, 5) is 35.0. The molecule has 0 atom stereocenters. The Bertz CT molecular complexity index is 867. The summed E-state index contributed by atoms with van der Waals surface area (Å²) in [7, 11) is 3.51. The van der Waals surface area contributed by atoms with Crippen molar-refractivity contribution in [3.05, 3.63) is 29.6 Å². The van der Waals surface area contributed by atoms with Gasteiger partial charge in [0.15, 0.2) is 0 Å². The summed E-state index contributed by atoms with van der Waals surface area (Å²) in [5.74, 6) is 0.984. The molecule has 1 fully saturated rings. The van der Waals surface area contributed by atoms with Gasteiger partial charge in [-0.15, -0.1) is 0 Å². The highest BCUT2D eigenvalue weighted by molar-refractivity contribution is 5.97. The van der Waals surface area contributed by atoms with E-state index < -0.39 is 0 Å². The van der Waals surface area contributed by atoms with Gasteiger partial charge in [0.25, 0.3) is 5.91 Å². The second-order valence-electron chi connectivity index (χ2n) is 7.67. The van der Waals surface area contributed by atoms with Gasteiger partial charge in [-0.3, -0.25) is 9.69 Å². The van der Waals surface area contributed by atoms with Gasteiger partial charge in [-0.2, -0.15) is 0 Å².